The third kappa shape index (κ3) is 6.65. The van der Waals surface area contributed by atoms with E-state index < -0.39 is 0 Å². The normalized spacial score (nSPS) is 19.1. The van der Waals surface area contributed by atoms with Gasteiger partial charge in [0.25, 0.3) is 0 Å². The largest absolute Gasteiger partial charge is 0.372 e. The summed E-state index contributed by atoms with van der Waals surface area (Å²) in [6, 6.07) is 18.4. The molecule has 0 aliphatic heterocycles. The van der Waals surface area contributed by atoms with E-state index in [-0.39, 0.29) is 30.3 Å². The van der Waals surface area contributed by atoms with E-state index in [1.54, 1.807) is 0 Å². The summed E-state index contributed by atoms with van der Waals surface area (Å²) in [6.07, 6.45) is 3.82. The molecule has 0 heterocycles. The van der Waals surface area contributed by atoms with E-state index in [1.807, 2.05) is 36.4 Å². The van der Waals surface area contributed by atoms with Crippen molar-refractivity contribution in [1.29, 1.82) is 0 Å². The van der Waals surface area contributed by atoms with Crippen molar-refractivity contribution in [1.82, 2.24) is 5.32 Å². The molecule has 2 atom stereocenters. The standard InChI is InChI=1S/C22H28N2O2.ClH/c23-21-12-6-11-18(13-21)22(25)24-14-19-9-4-5-10-20(19)16-26-15-17-7-2-1-3-8-17;/h1-5,7-10,18,21H,6,11-16,23H2,(H,24,25);1H. The molecule has 0 saturated heterocycles. The molecule has 2 unspecified atom stereocenters. The lowest BCUT2D eigenvalue weighted by molar-refractivity contribution is -0.126. The van der Waals surface area contributed by atoms with Gasteiger partial charge in [-0.05, 0) is 36.0 Å². The van der Waals surface area contributed by atoms with Crippen LogP contribution in [0.5, 0.6) is 0 Å². The topological polar surface area (TPSA) is 64.4 Å². The average molecular weight is 389 g/mol. The van der Waals surface area contributed by atoms with Crippen molar-refractivity contribution in [3.05, 3.63) is 71.3 Å². The second-order valence-electron chi connectivity index (χ2n) is 7.09. The lowest BCUT2D eigenvalue weighted by atomic mass is 9.85. The second-order valence-corrected chi connectivity index (χ2v) is 7.09. The number of ether oxygens (including phenoxy) is 1. The Morgan fingerprint density at radius 1 is 1.00 bits per heavy atom. The van der Waals surface area contributed by atoms with E-state index in [1.165, 1.54) is 0 Å². The smallest absolute Gasteiger partial charge is 0.223 e. The highest BCUT2D eigenvalue weighted by Gasteiger charge is 2.25. The number of nitrogens with two attached hydrogens (primary N) is 1. The van der Waals surface area contributed by atoms with Gasteiger partial charge >= 0.3 is 0 Å². The molecule has 0 radical (unpaired) electrons. The minimum Gasteiger partial charge on any atom is -0.372 e. The molecule has 0 bridgehead atoms. The molecule has 0 spiro atoms. The van der Waals surface area contributed by atoms with Crippen molar-refractivity contribution >= 4 is 18.3 Å². The number of benzene rings is 2. The van der Waals surface area contributed by atoms with Gasteiger partial charge in [0, 0.05) is 18.5 Å². The highest BCUT2D eigenvalue weighted by Crippen LogP contribution is 2.23. The van der Waals surface area contributed by atoms with Crippen LogP contribution in [0, 0.1) is 5.92 Å². The number of carbonyl (C=O) groups is 1. The van der Waals surface area contributed by atoms with Crippen LogP contribution < -0.4 is 11.1 Å². The first kappa shape index (κ1) is 21.4. The minimum atomic E-state index is 0. The molecule has 27 heavy (non-hydrogen) atoms. The first-order chi connectivity index (χ1) is 12.7. The van der Waals surface area contributed by atoms with Crippen LogP contribution in [0.15, 0.2) is 54.6 Å². The summed E-state index contributed by atoms with van der Waals surface area (Å²) >= 11 is 0. The van der Waals surface area contributed by atoms with Crippen LogP contribution in [0.2, 0.25) is 0 Å². The Balaban J connectivity index is 0.00000261. The average Bonchev–Trinajstić information content (AvgIpc) is 2.68. The first-order valence-electron chi connectivity index (χ1n) is 9.44. The Morgan fingerprint density at radius 3 is 2.44 bits per heavy atom. The monoisotopic (exact) mass is 388 g/mol. The molecule has 4 nitrogen and oxygen atoms in total. The van der Waals surface area contributed by atoms with Crippen LogP contribution in [-0.4, -0.2) is 11.9 Å². The van der Waals surface area contributed by atoms with Crippen LogP contribution >= 0.6 is 12.4 Å². The van der Waals surface area contributed by atoms with Crippen LogP contribution in [0.1, 0.15) is 42.4 Å². The third-order valence-corrected chi connectivity index (χ3v) is 5.03. The zero-order valence-corrected chi connectivity index (χ0v) is 16.4. The highest BCUT2D eigenvalue weighted by atomic mass is 35.5. The number of amides is 1. The molecule has 3 N–H and O–H groups in total. The van der Waals surface area contributed by atoms with Crippen LogP contribution in [0.25, 0.3) is 0 Å². The van der Waals surface area contributed by atoms with Gasteiger partial charge in [-0.25, -0.2) is 0 Å². The Kier molecular flexibility index (Phi) is 8.79. The Hall–Kier alpha value is -1.88. The van der Waals surface area contributed by atoms with Gasteiger partial charge in [0.05, 0.1) is 13.2 Å². The van der Waals surface area contributed by atoms with Crippen molar-refractivity contribution in [2.24, 2.45) is 11.7 Å². The van der Waals surface area contributed by atoms with E-state index in [9.17, 15) is 4.79 Å². The predicted octanol–water partition coefficient (Wildman–Crippen LogP) is 3.96. The van der Waals surface area contributed by atoms with Crippen molar-refractivity contribution < 1.29 is 9.53 Å². The summed E-state index contributed by atoms with van der Waals surface area (Å²) in [5, 5.41) is 3.09. The van der Waals surface area contributed by atoms with Crippen LogP contribution in [-0.2, 0) is 29.3 Å². The molecular weight excluding hydrogens is 360 g/mol. The molecule has 1 fully saturated rings. The van der Waals surface area contributed by atoms with Crippen LogP contribution in [0.4, 0.5) is 0 Å². The lowest BCUT2D eigenvalue weighted by Gasteiger charge is -2.25. The lowest BCUT2D eigenvalue weighted by Crippen LogP contribution is -2.37. The Bertz CT molecular complexity index is 708. The first-order valence-corrected chi connectivity index (χ1v) is 9.44. The fourth-order valence-corrected chi connectivity index (χ4v) is 3.52. The number of carbonyl (C=O) groups excluding carboxylic acids is 1. The SMILES string of the molecule is Cl.NC1CCCC(C(=O)NCc2ccccc2COCc2ccccc2)C1. The zero-order valence-electron chi connectivity index (χ0n) is 15.6. The fourth-order valence-electron chi connectivity index (χ4n) is 3.52. The number of hydrogen-bond donors (Lipinski definition) is 2. The minimum absolute atomic E-state index is 0. The molecule has 2 aromatic carbocycles. The van der Waals surface area contributed by atoms with E-state index >= 15 is 0 Å². The van der Waals surface area contributed by atoms with Gasteiger partial charge in [0.2, 0.25) is 5.91 Å². The molecule has 1 amide bonds. The van der Waals surface area contributed by atoms with Gasteiger partial charge in [0.1, 0.15) is 0 Å². The number of nitrogens with one attached hydrogen (secondary N) is 1. The van der Waals surface area contributed by atoms with E-state index in [0.29, 0.717) is 19.8 Å². The quantitative estimate of drug-likeness (QED) is 0.754. The zero-order chi connectivity index (χ0) is 18.2. The maximum absolute atomic E-state index is 12.4. The number of rotatable bonds is 7. The molecule has 3 rings (SSSR count). The summed E-state index contributed by atoms with van der Waals surface area (Å²) in [4.78, 5) is 12.4. The van der Waals surface area contributed by atoms with Crippen LogP contribution in [0.3, 0.4) is 0 Å². The Labute approximate surface area is 167 Å². The predicted molar refractivity (Wildman–Crippen MR) is 110 cm³/mol. The van der Waals surface area contributed by atoms with Gasteiger partial charge < -0.3 is 15.8 Å². The molecule has 1 aliphatic carbocycles. The summed E-state index contributed by atoms with van der Waals surface area (Å²) in [5.41, 5.74) is 9.38. The van der Waals surface area contributed by atoms with Crippen molar-refractivity contribution in [2.45, 2.75) is 51.5 Å². The van der Waals surface area contributed by atoms with Gasteiger partial charge in [-0.3, -0.25) is 4.79 Å². The molecule has 146 valence electrons. The van der Waals surface area contributed by atoms with Crippen molar-refractivity contribution in [3.63, 3.8) is 0 Å². The summed E-state index contributed by atoms with van der Waals surface area (Å²) in [7, 11) is 0. The van der Waals surface area contributed by atoms with Gasteiger partial charge in [0.15, 0.2) is 0 Å². The highest BCUT2D eigenvalue weighted by molar-refractivity contribution is 5.85. The summed E-state index contributed by atoms with van der Waals surface area (Å²) in [5.74, 6) is 0.181. The maximum Gasteiger partial charge on any atom is 0.223 e. The van der Waals surface area contributed by atoms with Gasteiger partial charge in [-0.2, -0.15) is 0 Å². The van der Waals surface area contributed by atoms with E-state index in [2.05, 4.69) is 23.5 Å². The van der Waals surface area contributed by atoms with E-state index in [0.717, 1.165) is 42.4 Å². The van der Waals surface area contributed by atoms with Gasteiger partial charge in [-0.1, -0.05) is 61.0 Å². The van der Waals surface area contributed by atoms with Crippen molar-refractivity contribution in [3.8, 4) is 0 Å². The number of hydrogen-bond acceptors (Lipinski definition) is 3. The van der Waals surface area contributed by atoms with Crippen molar-refractivity contribution in [2.75, 3.05) is 0 Å². The third-order valence-electron chi connectivity index (χ3n) is 5.03. The molecule has 0 aromatic heterocycles. The molecular formula is C22H29ClN2O2. The summed E-state index contributed by atoms with van der Waals surface area (Å²) < 4.78 is 5.85. The molecule has 5 heteroatoms. The Morgan fingerprint density at radius 2 is 1.70 bits per heavy atom. The summed E-state index contributed by atoms with van der Waals surface area (Å²) in [6.45, 7) is 1.66. The molecule has 1 saturated carbocycles. The van der Waals surface area contributed by atoms with E-state index in [4.69, 9.17) is 10.5 Å². The molecule has 2 aromatic rings. The molecule has 1 aliphatic rings. The fraction of sp³-hybridized carbons (Fsp3) is 0.409. The maximum atomic E-state index is 12.4. The second kappa shape index (κ2) is 11.1. The van der Waals surface area contributed by atoms with Gasteiger partial charge in [-0.15, -0.1) is 12.4 Å². The number of halogens is 1.